The smallest absolute Gasteiger partial charge is 0.261 e. The van der Waals surface area contributed by atoms with Gasteiger partial charge in [0.05, 0.1) is 27.3 Å². The minimum absolute atomic E-state index is 0.507. The summed E-state index contributed by atoms with van der Waals surface area (Å²) in [4.78, 5) is 8.72. The molecule has 26 heavy (non-hydrogen) atoms. The first-order valence-electron chi connectivity index (χ1n) is 7.71. The predicted octanol–water partition coefficient (Wildman–Crippen LogP) is 3.58. The molecule has 132 valence electrons. The van der Waals surface area contributed by atoms with E-state index in [0.717, 1.165) is 10.9 Å². The number of rotatable bonds is 4. The van der Waals surface area contributed by atoms with E-state index in [4.69, 9.17) is 27.9 Å². The zero-order chi connectivity index (χ0) is 18.1. The van der Waals surface area contributed by atoms with E-state index in [1.165, 1.54) is 0 Å². The lowest BCUT2D eigenvalue weighted by Crippen LogP contribution is -2.39. The monoisotopic (exact) mass is 388 g/mol. The Labute approximate surface area is 159 Å². The third kappa shape index (κ3) is 2.90. The molecule has 3 heterocycles. The largest absolute Gasteiger partial charge is 0.353 e. The van der Waals surface area contributed by atoms with Gasteiger partial charge in [0.1, 0.15) is 11.5 Å². The molecular weight excluding hydrogens is 375 g/mol. The molecule has 0 saturated heterocycles. The Morgan fingerprint density at radius 1 is 1.23 bits per heavy atom. The molecule has 0 radical (unpaired) electrons. The standard InChI is InChI=1S/C17H14Cl2N6O/c1-26-17(6-8-20-10-22-17)23-16-11-9-25(24-14(11)5-7-21-16)15-12(18)3-2-4-13(15)19/h2-10H,1H3,(H,20,22)(H,21,23). The van der Waals surface area contributed by atoms with E-state index in [1.54, 1.807) is 54.8 Å². The molecule has 3 aromatic rings. The number of benzene rings is 1. The number of hydrogen-bond donors (Lipinski definition) is 2. The molecule has 0 aliphatic carbocycles. The van der Waals surface area contributed by atoms with E-state index in [0.29, 0.717) is 21.6 Å². The van der Waals surface area contributed by atoms with Crippen LogP contribution in [-0.4, -0.2) is 34.1 Å². The van der Waals surface area contributed by atoms with Crippen LogP contribution in [0.3, 0.4) is 0 Å². The Balaban J connectivity index is 1.81. The third-order valence-corrected chi connectivity index (χ3v) is 4.56. The highest BCUT2D eigenvalue weighted by Crippen LogP contribution is 2.31. The van der Waals surface area contributed by atoms with Gasteiger partial charge in [0, 0.05) is 31.8 Å². The first-order chi connectivity index (χ1) is 12.6. The first-order valence-corrected chi connectivity index (χ1v) is 8.47. The lowest BCUT2D eigenvalue weighted by Gasteiger charge is -2.28. The van der Waals surface area contributed by atoms with Crippen molar-refractivity contribution in [1.29, 1.82) is 0 Å². The number of para-hydroxylation sites is 1. The van der Waals surface area contributed by atoms with Crippen molar-refractivity contribution in [2.24, 2.45) is 4.99 Å². The fourth-order valence-electron chi connectivity index (χ4n) is 2.66. The van der Waals surface area contributed by atoms with Crippen LogP contribution in [0.5, 0.6) is 0 Å². The van der Waals surface area contributed by atoms with E-state index in [9.17, 15) is 0 Å². The van der Waals surface area contributed by atoms with Crippen LogP contribution in [0.15, 0.2) is 53.9 Å². The zero-order valence-electron chi connectivity index (χ0n) is 13.6. The Bertz CT molecular complexity index is 997. The van der Waals surface area contributed by atoms with Gasteiger partial charge < -0.3 is 15.4 Å². The van der Waals surface area contributed by atoms with Gasteiger partial charge in [0.15, 0.2) is 0 Å². The molecule has 7 nitrogen and oxygen atoms in total. The van der Waals surface area contributed by atoms with Gasteiger partial charge in [-0.25, -0.2) is 14.7 Å². The molecule has 2 aromatic heterocycles. The summed E-state index contributed by atoms with van der Waals surface area (Å²) in [6, 6.07) is 7.13. The highest BCUT2D eigenvalue weighted by molar-refractivity contribution is 6.37. The average molecular weight is 389 g/mol. The summed E-state index contributed by atoms with van der Waals surface area (Å²) in [6.45, 7) is 0. The minimum atomic E-state index is -1.04. The molecule has 0 fully saturated rings. The Kier molecular flexibility index (Phi) is 4.28. The van der Waals surface area contributed by atoms with Gasteiger partial charge in [-0.15, -0.1) is 0 Å². The quantitative estimate of drug-likeness (QED) is 0.667. The number of pyridine rings is 1. The average Bonchev–Trinajstić information content (AvgIpc) is 3.07. The van der Waals surface area contributed by atoms with Crippen LogP contribution in [-0.2, 0) is 4.74 Å². The molecule has 0 spiro atoms. The van der Waals surface area contributed by atoms with Gasteiger partial charge >= 0.3 is 0 Å². The minimum Gasteiger partial charge on any atom is -0.353 e. The molecule has 9 heteroatoms. The molecule has 1 unspecified atom stereocenters. The summed E-state index contributed by atoms with van der Waals surface area (Å²) in [5, 5.41) is 12.4. The summed E-state index contributed by atoms with van der Waals surface area (Å²) in [5.41, 5.74) is 1.34. The number of fused-ring (bicyclic) bond motifs is 1. The van der Waals surface area contributed by atoms with Crippen LogP contribution < -0.4 is 10.6 Å². The van der Waals surface area contributed by atoms with E-state index in [1.807, 2.05) is 12.3 Å². The van der Waals surface area contributed by atoms with E-state index >= 15 is 0 Å². The summed E-state index contributed by atoms with van der Waals surface area (Å²) in [5.74, 6) is -0.473. The Morgan fingerprint density at radius 3 is 2.73 bits per heavy atom. The number of nitrogens with zero attached hydrogens (tertiary/aromatic N) is 4. The highest BCUT2D eigenvalue weighted by Gasteiger charge is 2.28. The van der Waals surface area contributed by atoms with Crippen molar-refractivity contribution < 1.29 is 4.74 Å². The fraction of sp³-hybridized carbons (Fsp3) is 0.118. The van der Waals surface area contributed by atoms with Crippen molar-refractivity contribution in [1.82, 2.24) is 20.1 Å². The second kappa shape index (κ2) is 6.60. The second-order valence-electron chi connectivity index (χ2n) is 5.52. The van der Waals surface area contributed by atoms with Crippen molar-refractivity contribution in [3.05, 3.63) is 59.0 Å². The van der Waals surface area contributed by atoms with E-state index < -0.39 is 5.85 Å². The third-order valence-electron chi connectivity index (χ3n) is 3.95. The lowest BCUT2D eigenvalue weighted by atomic mass is 10.3. The van der Waals surface area contributed by atoms with Crippen LogP contribution in [0.1, 0.15) is 0 Å². The number of anilines is 1. The zero-order valence-corrected chi connectivity index (χ0v) is 15.2. The van der Waals surface area contributed by atoms with Gasteiger partial charge in [-0.2, -0.15) is 5.10 Å². The SMILES string of the molecule is COC1(Nc2nccc3nn(-c4c(Cl)cccc4Cl)cc23)C=CNC=N1. The van der Waals surface area contributed by atoms with Crippen LogP contribution in [0, 0.1) is 0 Å². The molecular formula is C17H14Cl2N6O. The van der Waals surface area contributed by atoms with Crippen molar-refractivity contribution in [3.63, 3.8) is 0 Å². The fourth-order valence-corrected chi connectivity index (χ4v) is 3.23. The number of hydrogen-bond acceptors (Lipinski definition) is 6. The molecule has 1 atom stereocenters. The second-order valence-corrected chi connectivity index (χ2v) is 6.33. The molecule has 0 bridgehead atoms. The van der Waals surface area contributed by atoms with Gasteiger partial charge in [0.25, 0.3) is 5.85 Å². The summed E-state index contributed by atoms with van der Waals surface area (Å²) >= 11 is 12.6. The molecule has 0 amide bonds. The molecule has 1 aliphatic rings. The molecule has 0 saturated carbocycles. The number of aliphatic imine (C=N–C) groups is 1. The van der Waals surface area contributed by atoms with Crippen molar-refractivity contribution in [3.8, 4) is 5.69 Å². The molecule has 4 rings (SSSR count). The Morgan fingerprint density at radius 2 is 2.04 bits per heavy atom. The van der Waals surface area contributed by atoms with E-state index in [-0.39, 0.29) is 0 Å². The number of methoxy groups -OCH3 is 1. The summed E-state index contributed by atoms with van der Waals surface area (Å²) < 4.78 is 7.16. The lowest BCUT2D eigenvalue weighted by molar-refractivity contribution is 0.0637. The Hall–Kier alpha value is -2.61. The number of ether oxygens (including phenoxy) is 1. The normalized spacial score (nSPS) is 18.9. The van der Waals surface area contributed by atoms with Crippen LogP contribution >= 0.6 is 23.2 Å². The maximum absolute atomic E-state index is 6.30. The predicted molar refractivity (Wildman–Crippen MR) is 103 cm³/mol. The van der Waals surface area contributed by atoms with Gasteiger partial charge in [-0.1, -0.05) is 29.3 Å². The van der Waals surface area contributed by atoms with Crippen molar-refractivity contribution in [2.75, 3.05) is 12.4 Å². The van der Waals surface area contributed by atoms with Gasteiger partial charge in [-0.3, -0.25) is 0 Å². The van der Waals surface area contributed by atoms with Crippen molar-refractivity contribution in [2.45, 2.75) is 5.85 Å². The molecule has 1 aromatic carbocycles. The number of halogens is 2. The van der Waals surface area contributed by atoms with Crippen LogP contribution in [0.2, 0.25) is 10.0 Å². The first kappa shape index (κ1) is 16.8. The maximum atomic E-state index is 6.30. The molecule has 2 N–H and O–H groups in total. The van der Waals surface area contributed by atoms with Crippen LogP contribution in [0.4, 0.5) is 5.82 Å². The topological polar surface area (TPSA) is 76.4 Å². The summed E-state index contributed by atoms with van der Waals surface area (Å²) in [6.07, 6.45) is 8.51. The van der Waals surface area contributed by atoms with Crippen molar-refractivity contribution >= 4 is 46.3 Å². The number of aromatic nitrogens is 3. The van der Waals surface area contributed by atoms with Crippen LogP contribution in [0.25, 0.3) is 16.6 Å². The van der Waals surface area contributed by atoms with Gasteiger partial charge in [0.2, 0.25) is 0 Å². The highest BCUT2D eigenvalue weighted by atomic mass is 35.5. The van der Waals surface area contributed by atoms with Gasteiger partial charge in [-0.05, 0) is 18.2 Å². The summed E-state index contributed by atoms with van der Waals surface area (Å²) in [7, 11) is 1.56. The number of nitrogens with one attached hydrogen (secondary N) is 2. The maximum Gasteiger partial charge on any atom is 0.261 e. The molecule has 1 aliphatic heterocycles. The van der Waals surface area contributed by atoms with E-state index in [2.05, 4.69) is 25.7 Å².